The van der Waals surface area contributed by atoms with Gasteiger partial charge < -0.3 is 10.1 Å². The number of carbonyl (C=O) groups excluding carboxylic acids is 1. The average molecular weight is 318 g/mol. The van der Waals surface area contributed by atoms with Gasteiger partial charge in [0.1, 0.15) is 11.6 Å². The number of halogens is 1. The van der Waals surface area contributed by atoms with E-state index in [1.54, 1.807) is 31.5 Å². The molecule has 1 aromatic carbocycles. The summed E-state index contributed by atoms with van der Waals surface area (Å²) in [5.41, 5.74) is 1.76. The number of aryl methyl sites for hydroxylation is 1. The van der Waals surface area contributed by atoms with E-state index < -0.39 is 0 Å². The van der Waals surface area contributed by atoms with Crippen LogP contribution in [0.5, 0.6) is 5.75 Å². The first-order valence-corrected chi connectivity index (χ1v) is 7.44. The van der Waals surface area contributed by atoms with Gasteiger partial charge in [0.05, 0.1) is 23.4 Å². The summed E-state index contributed by atoms with van der Waals surface area (Å²) in [7, 11) is 1.54. The Morgan fingerprint density at radius 1 is 1.41 bits per heavy atom. The molecule has 114 valence electrons. The van der Waals surface area contributed by atoms with Crippen LogP contribution in [0.2, 0.25) is 5.02 Å². The predicted octanol–water partition coefficient (Wildman–Crippen LogP) is 3.58. The molecular formula is C16H16ClN3O2. The zero-order valence-electron chi connectivity index (χ0n) is 12.4. The zero-order valence-corrected chi connectivity index (χ0v) is 13.1. The third kappa shape index (κ3) is 3.04. The van der Waals surface area contributed by atoms with Crippen molar-refractivity contribution in [2.24, 2.45) is 0 Å². The van der Waals surface area contributed by atoms with Gasteiger partial charge >= 0.3 is 0 Å². The molecule has 1 saturated carbocycles. The van der Waals surface area contributed by atoms with Gasteiger partial charge in [0.25, 0.3) is 5.91 Å². The highest BCUT2D eigenvalue weighted by atomic mass is 35.5. The Morgan fingerprint density at radius 2 is 2.18 bits per heavy atom. The molecular weight excluding hydrogens is 302 g/mol. The smallest absolute Gasteiger partial charge is 0.259 e. The lowest BCUT2D eigenvalue weighted by Crippen LogP contribution is -2.15. The third-order valence-corrected chi connectivity index (χ3v) is 3.89. The summed E-state index contributed by atoms with van der Waals surface area (Å²) in [4.78, 5) is 21.0. The van der Waals surface area contributed by atoms with Crippen molar-refractivity contribution in [2.75, 3.05) is 12.4 Å². The quantitative estimate of drug-likeness (QED) is 0.936. The number of rotatable bonds is 4. The van der Waals surface area contributed by atoms with E-state index in [0.29, 0.717) is 33.6 Å². The topological polar surface area (TPSA) is 64.1 Å². The minimum absolute atomic E-state index is 0.249. The number of methoxy groups -OCH3 is 1. The normalized spacial score (nSPS) is 13.8. The number of carbonyl (C=O) groups is 1. The molecule has 1 N–H and O–H groups in total. The monoisotopic (exact) mass is 317 g/mol. The van der Waals surface area contributed by atoms with Crippen LogP contribution in [0.3, 0.4) is 0 Å². The molecule has 0 unspecified atom stereocenters. The van der Waals surface area contributed by atoms with Crippen LogP contribution in [0.1, 0.15) is 40.6 Å². The maximum absolute atomic E-state index is 12.3. The second kappa shape index (κ2) is 5.93. The maximum atomic E-state index is 12.3. The number of ether oxygens (including phenoxy) is 1. The molecule has 1 aliphatic carbocycles. The van der Waals surface area contributed by atoms with Gasteiger partial charge in [-0.3, -0.25) is 4.79 Å². The van der Waals surface area contributed by atoms with Gasteiger partial charge in [-0.15, -0.1) is 0 Å². The van der Waals surface area contributed by atoms with Crippen LogP contribution >= 0.6 is 11.6 Å². The van der Waals surface area contributed by atoms with Crippen molar-refractivity contribution in [3.05, 3.63) is 46.5 Å². The van der Waals surface area contributed by atoms with Crippen molar-refractivity contribution in [3.8, 4) is 5.75 Å². The first kappa shape index (κ1) is 14.8. The van der Waals surface area contributed by atoms with Crippen molar-refractivity contribution < 1.29 is 9.53 Å². The predicted molar refractivity (Wildman–Crippen MR) is 84.7 cm³/mol. The van der Waals surface area contributed by atoms with Crippen LogP contribution in [-0.2, 0) is 0 Å². The maximum Gasteiger partial charge on any atom is 0.259 e. The largest absolute Gasteiger partial charge is 0.495 e. The Labute approximate surface area is 133 Å². The average Bonchev–Trinajstić information content (AvgIpc) is 3.32. The van der Waals surface area contributed by atoms with Gasteiger partial charge in [-0.1, -0.05) is 11.6 Å². The molecule has 0 saturated heterocycles. The van der Waals surface area contributed by atoms with Crippen molar-refractivity contribution in [2.45, 2.75) is 25.7 Å². The molecule has 0 atom stereocenters. The molecule has 6 heteroatoms. The number of aromatic nitrogens is 2. The fraction of sp³-hybridized carbons (Fsp3) is 0.312. The highest BCUT2D eigenvalue weighted by molar-refractivity contribution is 6.32. The number of hydrogen-bond donors (Lipinski definition) is 1. The Hall–Kier alpha value is -2.14. The number of hydrogen-bond acceptors (Lipinski definition) is 4. The first-order valence-electron chi connectivity index (χ1n) is 7.07. The number of amides is 1. The summed E-state index contributed by atoms with van der Waals surface area (Å²) in [6.07, 6.45) is 3.86. The van der Waals surface area contributed by atoms with Crippen LogP contribution in [0.4, 0.5) is 5.69 Å². The number of benzene rings is 1. The van der Waals surface area contributed by atoms with E-state index in [1.165, 1.54) is 0 Å². The molecule has 1 aromatic heterocycles. The Morgan fingerprint density at radius 3 is 2.77 bits per heavy atom. The molecule has 2 aromatic rings. The van der Waals surface area contributed by atoms with Crippen molar-refractivity contribution >= 4 is 23.2 Å². The van der Waals surface area contributed by atoms with E-state index in [2.05, 4.69) is 15.3 Å². The molecule has 0 bridgehead atoms. The minimum atomic E-state index is -0.249. The Balaban J connectivity index is 1.77. The van der Waals surface area contributed by atoms with Gasteiger partial charge in [0, 0.05) is 17.8 Å². The molecule has 0 spiro atoms. The molecule has 1 heterocycles. The van der Waals surface area contributed by atoms with E-state index in [-0.39, 0.29) is 5.91 Å². The number of nitrogens with zero attached hydrogens (tertiary/aromatic N) is 2. The standard InChI is InChI=1S/C16H16ClN3O2/c1-9-12(8-18-15(19-9)10-3-4-10)16(21)20-11-5-6-14(22-2)13(17)7-11/h5-8,10H,3-4H2,1-2H3,(H,20,21). The van der Waals surface area contributed by atoms with E-state index in [1.807, 2.05) is 6.92 Å². The molecule has 3 rings (SSSR count). The third-order valence-electron chi connectivity index (χ3n) is 3.59. The fourth-order valence-corrected chi connectivity index (χ4v) is 2.45. The molecule has 1 amide bonds. The van der Waals surface area contributed by atoms with E-state index in [9.17, 15) is 4.79 Å². The lowest BCUT2D eigenvalue weighted by molar-refractivity contribution is 0.102. The van der Waals surface area contributed by atoms with Crippen molar-refractivity contribution in [3.63, 3.8) is 0 Å². The van der Waals surface area contributed by atoms with Crippen molar-refractivity contribution in [1.82, 2.24) is 9.97 Å². The number of anilines is 1. The highest BCUT2D eigenvalue weighted by Crippen LogP contribution is 2.38. The van der Waals surface area contributed by atoms with Crippen molar-refractivity contribution in [1.29, 1.82) is 0 Å². The molecule has 22 heavy (non-hydrogen) atoms. The van der Waals surface area contributed by atoms with Crippen LogP contribution in [0, 0.1) is 6.92 Å². The van der Waals surface area contributed by atoms with E-state index in [0.717, 1.165) is 18.7 Å². The Bertz CT molecular complexity index is 729. The molecule has 5 nitrogen and oxygen atoms in total. The molecule has 1 fully saturated rings. The van der Waals surface area contributed by atoms with Crippen LogP contribution in [0.15, 0.2) is 24.4 Å². The number of nitrogens with one attached hydrogen (secondary N) is 1. The second-order valence-corrected chi connectivity index (χ2v) is 5.71. The highest BCUT2D eigenvalue weighted by Gasteiger charge is 2.27. The second-order valence-electron chi connectivity index (χ2n) is 5.31. The summed E-state index contributed by atoms with van der Waals surface area (Å²) < 4.78 is 5.09. The zero-order chi connectivity index (χ0) is 15.7. The minimum Gasteiger partial charge on any atom is -0.495 e. The first-order chi connectivity index (χ1) is 10.6. The fourth-order valence-electron chi connectivity index (χ4n) is 2.19. The van der Waals surface area contributed by atoms with Gasteiger partial charge in [-0.05, 0) is 38.0 Å². The summed E-state index contributed by atoms with van der Waals surface area (Å²) in [6, 6.07) is 5.09. The van der Waals surface area contributed by atoms with Crippen LogP contribution < -0.4 is 10.1 Å². The Kier molecular flexibility index (Phi) is 3.98. The van der Waals surface area contributed by atoms with Gasteiger partial charge in [0.2, 0.25) is 0 Å². The molecule has 1 aliphatic rings. The van der Waals surface area contributed by atoms with E-state index >= 15 is 0 Å². The van der Waals surface area contributed by atoms with Gasteiger partial charge in [-0.2, -0.15) is 0 Å². The summed E-state index contributed by atoms with van der Waals surface area (Å²) in [5, 5.41) is 3.24. The van der Waals surface area contributed by atoms with Gasteiger partial charge in [-0.25, -0.2) is 9.97 Å². The van der Waals surface area contributed by atoms with Crippen LogP contribution in [0.25, 0.3) is 0 Å². The van der Waals surface area contributed by atoms with Crippen LogP contribution in [-0.4, -0.2) is 23.0 Å². The lowest BCUT2D eigenvalue weighted by Gasteiger charge is -2.09. The molecule has 0 aliphatic heterocycles. The summed E-state index contributed by atoms with van der Waals surface area (Å²) in [6.45, 7) is 1.82. The molecule has 0 radical (unpaired) electrons. The SMILES string of the molecule is COc1ccc(NC(=O)c2cnc(C3CC3)nc2C)cc1Cl. The van der Waals surface area contributed by atoms with Gasteiger partial charge in [0.15, 0.2) is 0 Å². The lowest BCUT2D eigenvalue weighted by atomic mass is 10.2. The summed E-state index contributed by atoms with van der Waals surface area (Å²) in [5.74, 6) is 1.62. The summed E-state index contributed by atoms with van der Waals surface area (Å²) >= 11 is 6.05. The van der Waals surface area contributed by atoms with E-state index in [4.69, 9.17) is 16.3 Å².